The molecule has 2 aromatic rings. The van der Waals surface area contributed by atoms with E-state index in [0.717, 1.165) is 22.2 Å². The third-order valence-corrected chi connectivity index (χ3v) is 5.19. The molecule has 0 unspecified atom stereocenters. The van der Waals surface area contributed by atoms with Crippen molar-refractivity contribution in [3.8, 4) is 23.8 Å². The zero-order valence-corrected chi connectivity index (χ0v) is 17.5. The molecule has 1 saturated heterocycles. The summed E-state index contributed by atoms with van der Waals surface area (Å²) in [5.74, 6) is 1.88. The first-order valence-corrected chi connectivity index (χ1v) is 10.1. The molecule has 0 atom stereocenters. The van der Waals surface area contributed by atoms with Crippen LogP contribution in [0.4, 0.5) is 4.79 Å². The predicted molar refractivity (Wildman–Crippen MR) is 117 cm³/mol. The number of hydrogen-bond acceptors (Lipinski definition) is 6. The molecule has 0 radical (unpaired) electrons. The zero-order chi connectivity index (χ0) is 22.4. The van der Waals surface area contributed by atoms with Gasteiger partial charge in [-0.3, -0.25) is 14.5 Å². The maximum Gasteiger partial charge on any atom is 0.335 e. The highest BCUT2D eigenvalue weighted by Crippen LogP contribution is 2.34. The summed E-state index contributed by atoms with van der Waals surface area (Å²) in [6, 6.07) is 11.6. The Bertz CT molecular complexity index is 1080. The number of thioether (sulfide) groups is 1. The number of ether oxygens (including phenoxy) is 2. The van der Waals surface area contributed by atoms with Gasteiger partial charge >= 0.3 is 5.97 Å². The van der Waals surface area contributed by atoms with Gasteiger partial charge < -0.3 is 14.6 Å². The SMILES string of the molecule is C#CCN1C(=O)S/C(=C/c2ccc(OCc3ccc(C(=O)O)cc3)c(OCC)c2)C1=O. The number of carbonyl (C=O) groups is 3. The summed E-state index contributed by atoms with van der Waals surface area (Å²) < 4.78 is 11.5. The summed E-state index contributed by atoms with van der Waals surface area (Å²) in [4.78, 5) is 36.5. The number of hydrogen-bond donors (Lipinski definition) is 1. The van der Waals surface area contributed by atoms with Gasteiger partial charge in [-0.15, -0.1) is 6.42 Å². The van der Waals surface area contributed by atoms with Crippen molar-refractivity contribution in [2.45, 2.75) is 13.5 Å². The lowest BCUT2D eigenvalue weighted by molar-refractivity contribution is -0.122. The Labute approximate surface area is 183 Å². The van der Waals surface area contributed by atoms with E-state index in [1.165, 1.54) is 12.1 Å². The van der Waals surface area contributed by atoms with E-state index in [1.807, 2.05) is 6.92 Å². The summed E-state index contributed by atoms with van der Waals surface area (Å²) in [5.41, 5.74) is 1.68. The van der Waals surface area contributed by atoms with E-state index in [4.69, 9.17) is 21.0 Å². The van der Waals surface area contributed by atoms with Crippen LogP contribution in [0.25, 0.3) is 6.08 Å². The quantitative estimate of drug-likeness (QED) is 0.492. The molecule has 1 aliphatic heterocycles. The average molecular weight is 437 g/mol. The van der Waals surface area contributed by atoms with E-state index < -0.39 is 17.1 Å². The van der Waals surface area contributed by atoms with Gasteiger partial charge in [-0.1, -0.05) is 24.1 Å². The van der Waals surface area contributed by atoms with Crippen LogP contribution in [0.3, 0.4) is 0 Å². The molecule has 8 heteroatoms. The van der Waals surface area contributed by atoms with Crippen molar-refractivity contribution < 1.29 is 29.0 Å². The first kappa shape index (κ1) is 22.0. The van der Waals surface area contributed by atoms with E-state index in [0.29, 0.717) is 23.7 Å². The molecule has 158 valence electrons. The van der Waals surface area contributed by atoms with Gasteiger partial charge in [-0.25, -0.2) is 4.79 Å². The Morgan fingerprint density at radius 3 is 2.55 bits per heavy atom. The number of carboxylic acid groups (broad SMARTS) is 1. The third-order valence-electron chi connectivity index (χ3n) is 4.28. The molecule has 1 N–H and O–H groups in total. The molecule has 1 aliphatic rings. The largest absolute Gasteiger partial charge is 0.490 e. The number of nitrogens with zero attached hydrogens (tertiary/aromatic N) is 1. The van der Waals surface area contributed by atoms with Crippen molar-refractivity contribution in [2.75, 3.05) is 13.2 Å². The minimum atomic E-state index is -0.987. The van der Waals surface area contributed by atoms with Crippen LogP contribution < -0.4 is 9.47 Å². The van der Waals surface area contributed by atoms with Crippen molar-refractivity contribution in [2.24, 2.45) is 0 Å². The highest BCUT2D eigenvalue weighted by atomic mass is 32.2. The highest BCUT2D eigenvalue weighted by Gasteiger charge is 2.34. The van der Waals surface area contributed by atoms with Crippen molar-refractivity contribution in [1.82, 2.24) is 4.90 Å². The van der Waals surface area contributed by atoms with Gasteiger partial charge in [0.05, 0.1) is 23.6 Å². The fourth-order valence-corrected chi connectivity index (χ4v) is 3.62. The number of rotatable bonds is 8. The van der Waals surface area contributed by atoms with Gasteiger partial charge in [0.15, 0.2) is 11.5 Å². The molecule has 0 aliphatic carbocycles. The van der Waals surface area contributed by atoms with Gasteiger partial charge in [0, 0.05) is 0 Å². The molecule has 1 heterocycles. The van der Waals surface area contributed by atoms with Crippen molar-refractivity contribution in [3.63, 3.8) is 0 Å². The minimum absolute atomic E-state index is 0.0631. The lowest BCUT2D eigenvalue weighted by Gasteiger charge is -2.13. The van der Waals surface area contributed by atoms with E-state index in [1.54, 1.807) is 36.4 Å². The second-order valence-corrected chi connectivity index (χ2v) is 7.40. The number of amides is 2. The smallest absolute Gasteiger partial charge is 0.335 e. The highest BCUT2D eigenvalue weighted by molar-refractivity contribution is 8.18. The van der Waals surface area contributed by atoms with Gasteiger partial charge in [0.1, 0.15) is 6.61 Å². The molecule has 2 amide bonds. The molecule has 3 rings (SSSR count). The van der Waals surface area contributed by atoms with Crippen molar-refractivity contribution >= 4 is 35.0 Å². The Hall–Kier alpha value is -3.70. The van der Waals surface area contributed by atoms with Crippen LogP contribution in [0, 0.1) is 12.3 Å². The maximum atomic E-state index is 12.3. The summed E-state index contributed by atoms with van der Waals surface area (Å²) in [6.07, 6.45) is 6.82. The number of terminal acetylenes is 1. The van der Waals surface area contributed by atoms with Crippen molar-refractivity contribution in [3.05, 3.63) is 64.1 Å². The summed E-state index contributed by atoms with van der Waals surface area (Å²) in [6.45, 7) is 2.41. The summed E-state index contributed by atoms with van der Waals surface area (Å²) in [7, 11) is 0. The molecule has 0 bridgehead atoms. The van der Waals surface area contributed by atoms with Gasteiger partial charge in [0.2, 0.25) is 0 Å². The first-order valence-electron chi connectivity index (χ1n) is 9.33. The third kappa shape index (κ3) is 5.27. The topological polar surface area (TPSA) is 93.1 Å². The Morgan fingerprint density at radius 1 is 1.16 bits per heavy atom. The molecule has 0 saturated carbocycles. The molecule has 0 aromatic heterocycles. The van der Waals surface area contributed by atoms with E-state index in [-0.39, 0.29) is 23.6 Å². The van der Waals surface area contributed by atoms with Crippen molar-refractivity contribution in [1.29, 1.82) is 0 Å². The summed E-state index contributed by atoms with van der Waals surface area (Å²) >= 11 is 0.840. The van der Waals surface area contributed by atoms with Crippen LogP contribution in [-0.2, 0) is 11.4 Å². The number of aromatic carboxylic acids is 1. The number of carboxylic acids is 1. The van der Waals surface area contributed by atoms with E-state index >= 15 is 0 Å². The lowest BCUT2D eigenvalue weighted by Crippen LogP contribution is -2.28. The average Bonchev–Trinajstić information content (AvgIpc) is 3.01. The lowest BCUT2D eigenvalue weighted by atomic mass is 10.1. The van der Waals surface area contributed by atoms with Crippen LogP contribution in [0.2, 0.25) is 0 Å². The van der Waals surface area contributed by atoms with Crippen LogP contribution in [0.15, 0.2) is 47.4 Å². The van der Waals surface area contributed by atoms with Crippen LogP contribution in [0.5, 0.6) is 11.5 Å². The van der Waals surface area contributed by atoms with Gasteiger partial charge in [0.25, 0.3) is 11.1 Å². The zero-order valence-electron chi connectivity index (χ0n) is 16.7. The Kier molecular flexibility index (Phi) is 7.00. The first-order chi connectivity index (χ1) is 14.9. The monoisotopic (exact) mass is 437 g/mol. The summed E-state index contributed by atoms with van der Waals surface area (Å²) in [5, 5.41) is 8.58. The Morgan fingerprint density at radius 2 is 1.90 bits per heavy atom. The standard InChI is InChI=1S/C23H19NO6S/c1-3-11-24-21(25)20(31-23(24)28)13-16-7-10-18(19(12-16)29-4-2)30-14-15-5-8-17(9-6-15)22(26)27/h1,5-10,12-13H,4,11,14H2,2H3,(H,26,27)/b20-13+. The molecule has 1 fully saturated rings. The fourth-order valence-electron chi connectivity index (χ4n) is 2.79. The second kappa shape index (κ2) is 9.87. The minimum Gasteiger partial charge on any atom is -0.490 e. The van der Waals surface area contributed by atoms with Crippen LogP contribution >= 0.6 is 11.8 Å². The molecule has 2 aromatic carbocycles. The van der Waals surface area contributed by atoms with Gasteiger partial charge in [-0.2, -0.15) is 0 Å². The maximum absolute atomic E-state index is 12.3. The molecular formula is C23H19NO6S. The fraction of sp³-hybridized carbons (Fsp3) is 0.174. The molecule has 7 nitrogen and oxygen atoms in total. The predicted octanol–water partition coefficient (Wildman–Crippen LogP) is 4.03. The van der Waals surface area contributed by atoms with E-state index in [9.17, 15) is 14.4 Å². The Balaban J connectivity index is 1.76. The molecule has 31 heavy (non-hydrogen) atoms. The van der Waals surface area contributed by atoms with Crippen LogP contribution in [0.1, 0.15) is 28.4 Å². The number of imide groups is 1. The van der Waals surface area contributed by atoms with E-state index in [2.05, 4.69) is 5.92 Å². The van der Waals surface area contributed by atoms with Crippen LogP contribution in [-0.4, -0.2) is 40.3 Å². The molecular weight excluding hydrogens is 418 g/mol. The second-order valence-electron chi connectivity index (χ2n) is 6.40. The number of carbonyl (C=O) groups excluding carboxylic acids is 2. The molecule has 0 spiro atoms. The normalized spacial score (nSPS) is 14.6. The number of benzene rings is 2. The van der Waals surface area contributed by atoms with Gasteiger partial charge in [-0.05, 0) is 60.2 Å².